The summed E-state index contributed by atoms with van der Waals surface area (Å²) in [7, 11) is 1.58. The van der Waals surface area contributed by atoms with Gasteiger partial charge in [-0.25, -0.2) is 15.0 Å². The van der Waals surface area contributed by atoms with Crippen LogP contribution in [0.1, 0.15) is 28.3 Å². The van der Waals surface area contributed by atoms with Crippen molar-refractivity contribution >= 4 is 29.1 Å². The molecule has 2 aromatic rings. The fraction of sp³-hybridized carbons (Fsp3) is 0.412. The average molecular weight is 361 g/mol. The standard InChI is InChI=1S/C17H21ClN6O/c1-10-11(2)21-15(17(25)19-3)23-16(10)24-7-6-13(9-24)22-14-5-4-12(18)8-20-14/h4-5,8,13H,6-7,9H2,1-3H3,(H,19,25)(H,20,22)/t13-/m1/s1. The van der Waals surface area contributed by atoms with Crippen molar-refractivity contribution in [3.8, 4) is 0 Å². The number of anilines is 2. The molecule has 0 spiro atoms. The van der Waals surface area contributed by atoms with Crippen LogP contribution in [0.2, 0.25) is 5.02 Å². The van der Waals surface area contributed by atoms with E-state index < -0.39 is 0 Å². The summed E-state index contributed by atoms with van der Waals surface area (Å²) in [6, 6.07) is 3.94. The summed E-state index contributed by atoms with van der Waals surface area (Å²) >= 11 is 5.87. The molecule has 0 bridgehead atoms. The van der Waals surface area contributed by atoms with E-state index in [0.29, 0.717) is 5.02 Å². The van der Waals surface area contributed by atoms with E-state index in [1.165, 1.54) is 0 Å². The maximum absolute atomic E-state index is 11.9. The van der Waals surface area contributed by atoms with Crippen molar-refractivity contribution in [1.29, 1.82) is 0 Å². The molecule has 0 saturated carbocycles. The highest BCUT2D eigenvalue weighted by atomic mass is 35.5. The minimum Gasteiger partial charge on any atom is -0.365 e. The van der Waals surface area contributed by atoms with Crippen molar-refractivity contribution in [2.45, 2.75) is 26.3 Å². The predicted octanol–water partition coefficient (Wildman–Crippen LogP) is 2.19. The Morgan fingerprint density at radius 3 is 2.80 bits per heavy atom. The Bertz CT molecular complexity index is 779. The monoisotopic (exact) mass is 360 g/mol. The maximum Gasteiger partial charge on any atom is 0.288 e. The zero-order chi connectivity index (χ0) is 18.0. The van der Waals surface area contributed by atoms with Crippen LogP contribution in [0.25, 0.3) is 0 Å². The van der Waals surface area contributed by atoms with E-state index in [-0.39, 0.29) is 17.8 Å². The molecular formula is C17H21ClN6O. The number of amides is 1. The van der Waals surface area contributed by atoms with Gasteiger partial charge in [0.15, 0.2) is 0 Å². The molecule has 1 amide bonds. The fourth-order valence-corrected chi connectivity index (χ4v) is 2.99. The zero-order valence-electron chi connectivity index (χ0n) is 14.5. The molecule has 1 fully saturated rings. The minimum absolute atomic E-state index is 0.205. The lowest BCUT2D eigenvalue weighted by atomic mass is 10.2. The van der Waals surface area contributed by atoms with Gasteiger partial charge >= 0.3 is 0 Å². The Labute approximate surface area is 151 Å². The van der Waals surface area contributed by atoms with Gasteiger partial charge in [0.2, 0.25) is 5.82 Å². The molecule has 25 heavy (non-hydrogen) atoms. The van der Waals surface area contributed by atoms with Crippen LogP contribution in [0.3, 0.4) is 0 Å². The molecule has 2 N–H and O–H groups in total. The molecule has 1 aliphatic heterocycles. The van der Waals surface area contributed by atoms with Crippen LogP contribution >= 0.6 is 11.6 Å². The SMILES string of the molecule is CNC(=O)c1nc(C)c(C)c(N2CC[C@@H](Nc3ccc(Cl)cn3)C2)n1. The Balaban J connectivity index is 1.76. The summed E-state index contributed by atoms with van der Waals surface area (Å²) in [6.45, 7) is 5.53. The van der Waals surface area contributed by atoms with Crippen molar-refractivity contribution < 1.29 is 4.79 Å². The van der Waals surface area contributed by atoms with Crippen molar-refractivity contribution in [3.05, 3.63) is 40.4 Å². The fourth-order valence-electron chi connectivity index (χ4n) is 2.88. The number of aryl methyl sites for hydroxylation is 1. The van der Waals surface area contributed by atoms with Crippen molar-refractivity contribution in [2.24, 2.45) is 0 Å². The molecule has 0 aromatic carbocycles. The van der Waals surface area contributed by atoms with E-state index in [1.54, 1.807) is 13.2 Å². The largest absolute Gasteiger partial charge is 0.365 e. The van der Waals surface area contributed by atoms with E-state index in [0.717, 1.165) is 42.4 Å². The quantitative estimate of drug-likeness (QED) is 0.869. The highest BCUT2D eigenvalue weighted by molar-refractivity contribution is 6.30. The number of rotatable bonds is 4. The topological polar surface area (TPSA) is 83.0 Å². The lowest BCUT2D eigenvalue weighted by Gasteiger charge is -2.21. The smallest absolute Gasteiger partial charge is 0.288 e. The van der Waals surface area contributed by atoms with Crippen LogP contribution in [-0.2, 0) is 0 Å². The Hall–Kier alpha value is -2.41. The number of hydrogen-bond acceptors (Lipinski definition) is 6. The predicted molar refractivity (Wildman–Crippen MR) is 98.4 cm³/mol. The molecule has 1 aliphatic rings. The van der Waals surface area contributed by atoms with Gasteiger partial charge in [0.1, 0.15) is 11.6 Å². The lowest BCUT2D eigenvalue weighted by Crippen LogP contribution is -2.29. The van der Waals surface area contributed by atoms with E-state index in [1.807, 2.05) is 26.0 Å². The first-order chi connectivity index (χ1) is 12.0. The number of nitrogens with zero attached hydrogens (tertiary/aromatic N) is 4. The molecule has 7 nitrogen and oxygen atoms in total. The normalized spacial score (nSPS) is 16.8. The van der Waals surface area contributed by atoms with E-state index in [9.17, 15) is 4.79 Å². The van der Waals surface area contributed by atoms with Crippen molar-refractivity contribution in [3.63, 3.8) is 0 Å². The molecule has 3 rings (SSSR count). The van der Waals surface area contributed by atoms with Crippen LogP contribution in [-0.4, -0.2) is 47.0 Å². The first kappa shape index (κ1) is 17.4. The molecule has 0 unspecified atom stereocenters. The highest BCUT2D eigenvalue weighted by Gasteiger charge is 2.26. The zero-order valence-corrected chi connectivity index (χ0v) is 15.3. The van der Waals surface area contributed by atoms with Gasteiger partial charge in [0, 0.05) is 43.6 Å². The van der Waals surface area contributed by atoms with Crippen LogP contribution in [0, 0.1) is 13.8 Å². The van der Waals surface area contributed by atoms with Crippen molar-refractivity contribution in [1.82, 2.24) is 20.3 Å². The van der Waals surface area contributed by atoms with Crippen LogP contribution in [0.15, 0.2) is 18.3 Å². The van der Waals surface area contributed by atoms with Crippen LogP contribution in [0.4, 0.5) is 11.6 Å². The highest BCUT2D eigenvalue weighted by Crippen LogP contribution is 2.25. The molecule has 0 radical (unpaired) electrons. The third kappa shape index (κ3) is 3.82. The van der Waals surface area contributed by atoms with Gasteiger partial charge in [0.05, 0.1) is 5.02 Å². The maximum atomic E-state index is 11.9. The Morgan fingerprint density at radius 2 is 2.12 bits per heavy atom. The third-order valence-corrected chi connectivity index (χ3v) is 4.58. The molecule has 3 heterocycles. The van der Waals surface area contributed by atoms with Gasteiger partial charge in [-0.05, 0) is 32.4 Å². The molecule has 1 atom stereocenters. The number of hydrogen-bond donors (Lipinski definition) is 2. The lowest BCUT2D eigenvalue weighted by molar-refractivity contribution is 0.0952. The van der Waals surface area contributed by atoms with Gasteiger partial charge in [-0.3, -0.25) is 4.79 Å². The van der Waals surface area contributed by atoms with Crippen LogP contribution in [0.5, 0.6) is 0 Å². The minimum atomic E-state index is -0.274. The van der Waals surface area contributed by atoms with E-state index >= 15 is 0 Å². The molecule has 2 aromatic heterocycles. The number of nitrogens with one attached hydrogen (secondary N) is 2. The summed E-state index contributed by atoms with van der Waals surface area (Å²) in [4.78, 5) is 27.1. The van der Waals surface area contributed by atoms with Crippen LogP contribution < -0.4 is 15.5 Å². The average Bonchev–Trinajstić information content (AvgIpc) is 3.06. The first-order valence-corrected chi connectivity index (χ1v) is 8.56. The summed E-state index contributed by atoms with van der Waals surface area (Å²) in [5.74, 6) is 1.55. The third-order valence-electron chi connectivity index (χ3n) is 4.36. The summed E-state index contributed by atoms with van der Waals surface area (Å²) < 4.78 is 0. The summed E-state index contributed by atoms with van der Waals surface area (Å²) in [5, 5.41) is 6.61. The molecular weight excluding hydrogens is 340 g/mol. The number of aromatic nitrogens is 3. The Morgan fingerprint density at radius 1 is 1.32 bits per heavy atom. The molecule has 1 saturated heterocycles. The second kappa shape index (κ2) is 7.23. The van der Waals surface area contributed by atoms with E-state index in [2.05, 4.69) is 30.5 Å². The van der Waals surface area contributed by atoms with Gasteiger partial charge in [-0.15, -0.1) is 0 Å². The van der Waals surface area contributed by atoms with Crippen molar-refractivity contribution in [2.75, 3.05) is 30.4 Å². The number of pyridine rings is 1. The van der Waals surface area contributed by atoms with Gasteiger partial charge in [-0.2, -0.15) is 0 Å². The summed E-state index contributed by atoms with van der Waals surface area (Å²) in [5.41, 5.74) is 1.82. The second-order valence-corrected chi connectivity index (χ2v) is 6.53. The first-order valence-electron chi connectivity index (χ1n) is 8.18. The molecule has 132 valence electrons. The number of halogens is 1. The second-order valence-electron chi connectivity index (χ2n) is 6.10. The molecule has 8 heteroatoms. The molecule has 0 aliphatic carbocycles. The Kier molecular flexibility index (Phi) is 5.03. The van der Waals surface area contributed by atoms with E-state index in [4.69, 9.17) is 11.6 Å². The number of carbonyl (C=O) groups excluding carboxylic acids is 1. The number of carbonyl (C=O) groups is 1. The summed E-state index contributed by atoms with van der Waals surface area (Å²) in [6.07, 6.45) is 2.59. The van der Waals surface area contributed by atoms with Gasteiger partial charge < -0.3 is 15.5 Å². The van der Waals surface area contributed by atoms with Gasteiger partial charge in [-0.1, -0.05) is 11.6 Å². The van der Waals surface area contributed by atoms with Gasteiger partial charge in [0.25, 0.3) is 5.91 Å².